The van der Waals surface area contributed by atoms with E-state index in [1.54, 1.807) is 0 Å². The van der Waals surface area contributed by atoms with Crippen LogP contribution in [-0.2, 0) is 6.18 Å². The summed E-state index contributed by atoms with van der Waals surface area (Å²) in [6.07, 6.45) is -4.39. The van der Waals surface area contributed by atoms with Gasteiger partial charge < -0.3 is 0 Å². The van der Waals surface area contributed by atoms with Crippen LogP contribution in [0.5, 0.6) is 0 Å². The largest absolute Gasteiger partial charge is 0.425 e. The molecule has 0 amide bonds. The van der Waals surface area contributed by atoms with E-state index in [2.05, 4.69) is 0 Å². The zero-order valence-corrected chi connectivity index (χ0v) is 9.91. The summed E-state index contributed by atoms with van der Waals surface area (Å²) >= 11 is 0.392. The molecule has 0 radical (unpaired) electrons. The van der Waals surface area contributed by atoms with E-state index in [4.69, 9.17) is 0 Å². The quantitative estimate of drug-likeness (QED) is 0.587. The summed E-state index contributed by atoms with van der Waals surface area (Å²) in [6.45, 7) is 0. The Bertz CT molecular complexity index is 630. The number of carbonyl (C=O) groups is 1. The van der Waals surface area contributed by atoms with E-state index in [0.717, 1.165) is 23.6 Å². The van der Waals surface area contributed by atoms with Gasteiger partial charge in [-0.3, -0.25) is 4.79 Å². The van der Waals surface area contributed by atoms with Crippen LogP contribution in [0.4, 0.5) is 22.0 Å². The Morgan fingerprint density at radius 1 is 1.11 bits per heavy atom. The highest BCUT2D eigenvalue weighted by molar-refractivity contribution is 7.10. The molecule has 7 heteroatoms. The van der Waals surface area contributed by atoms with Crippen LogP contribution < -0.4 is 0 Å². The monoisotopic (exact) mass is 292 g/mol. The lowest BCUT2D eigenvalue weighted by Gasteiger charge is -2.04. The fourth-order valence-corrected chi connectivity index (χ4v) is 2.28. The molecule has 0 unspecified atom stereocenters. The summed E-state index contributed by atoms with van der Waals surface area (Å²) in [5.41, 5.74) is -0.867. The molecule has 0 saturated heterocycles. The van der Waals surface area contributed by atoms with Crippen LogP contribution in [0, 0.1) is 11.6 Å². The summed E-state index contributed by atoms with van der Waals surface area (Å²) < 4.78 is 64.2. The van der Waals surface area contributed by atoms with Crippen LogP contribution in [0.1, 0.15) is 15.2 Å². The first-order chi connectivity index (χ1) is 8.84. The Morgan fingerprint density at radius 2 is 1.79 bits per heavy atom. The first-order valence-electron chi connectivity index (χ1n) is 4.94. The van der Waals surface area contributed by atoms with Crippen LogP contribution in [0.15, 0.2) is 23.6 Å². The number of carbonyl (C=O) groups excluding carboxylic acids is 1. The Balaban J connectivity index is 2.51. The minimum Gasteiger partial charge on any atom is -0.298 e. The highest BCUT2D eigenvalue weighted by atomic mass is 32.1. The molecule has 0 bridgehead atoms. The van der Waals surface area contributed by atoms with Gasteiger partial charge in [-0.2, -0.15) is 13.2 Å². The Kier molecular flexibility index (Phi) is 3.40. The molecule has 0 N–H and O–H groups in total. The molecule has 0 aliphatic rings. The topological polar surface area (TPSA) is 17.1 Å². The smallest absolute Gasteiger partial charge is 0.298 e. The molecular weight excluding hydrogens is 287 g/mol. The van der Waals surface area contributed by atoms with Gasteiger partial charge in [0.05, 0.1) is 5.56 Å². The Morgan fingerprint density at radius 3 is 2.32 bits per heavy atom. The summed E-state index contributed by atoms with van der Waals surface area (Å²) in [5.74, 6) is -2.71. The van der Waals surface area contributed by atoms with Crippen molar-refractivity contribution in [2.45, 2.75) is 6.18 Å². The van der Waals surface area contributed by atoms with Crippen LogP contribution in [-0.4, -0.2) is 6.29 Å². The molecule has 0 aliphatic heterocycles. The maximum Gasteiger partial charge on any atom is 0.425 e. The third-order valence-corrected chi connectivity index (χ3v) is 3.40. The van der Waals surface area contributed by atoms with Gasteiger partial charge in [0, 0.05) is 5.56 Å². The predicted molar refractivity (Wildman–Crippen MR) is 60.1 cm³/mol. The van der Waals surface area contributed by atoms with E-state index < -0.39 is 28.3 Å². The standard InChI is InChI=1S/C12H5F5OS/c13-10-6(4-18)1-2-8(11(10)14)7-3-9(19-5-7)12(15,16)17/h1-5H. The van der Waals surface area contributed by atoms with E-state index in [1.165, 1.54) is 0 Å². The van der Waals surface area contributed by atoms with Crippen molar-refractivity contribution in [1.82, 2.24) is 0 Å². The van der Waals surface area contributed by atoms with E-state index in [1.807, 2.05) is 0 Å². The lowest BCUT2D eigenvalue weighted by molar-refractivity contribution is -0.134. The van der Waals surface area contributed by atoms with Crippen molar-refractivity contribution in [3.05, 3.63) is 45.7 Å². The highest BCUT2D eigenvalue weighted by Gasteiger charge is 2.32. The van der Waals surface area contributed by atoms with Gasteiger partial charge in [0.1, 0.15) is 4.88 Å². The van der Waals surface area contributed by atoms with Crippen molar-refractivity contribution < 1.29 is 26.7 Å². The van der Waals surface area contributed by atoms with E-state index in [9.17, 15) is 26.7 Å². The summed E-state index contributed by atoms with van der Waals surface area (Å²) in [6, 6.07) is 2.83. The number of thiophene rings is 1. The van der Waals surface area contributed by atoms with Crippen molar-refractivity contribution >= 4 is 17.6 Å². The summed E-state index contributed by atoms with van der Waals surface area (Å²) in [7, 11) is 0. The molecule has 1 heterocycles. The maximum absolute atomic E-state index is 13.6. The van der Waals surface area contributed by atoms with Gasteiger partial charge in [-0.05, 0) is 23.1 Å². The molecule has 2 aromatic rings. The van der Waals surface area contributed by atoms with Gasteiger partial charge in [0.15, 0.2) is 17.9 Å². The second-order valence-electron chi connectivity index (χ2n) is 3.65. The maximum atomic E-state index is 13.6. The lowest BCUT2D eigenvalue weighted by Crippen LogP contribution is -2.01. The molecule has 100 valence electrons. The summed E-state index contributed by atoms with van der Waals surface area (Å²) in [5, 5.41) is 1.08. The fourth-order valence-electron chi connectivity index (χ4n) is 1.50. The van der Waals surface area contributed by atoms with Gasteiger partial charge in [-0.1, -0.05) is 6.07 Å². The van der Waals surface area contributed by atoms with Gasteiger partial charge in [0.25, 0.3) is 0 Å². The molecule has 0 fully saturated rings. The molecule has 0 saturated carbocycles. The molecule has 1 aromatic carbocycles. The van der Waals surface area contributed by atoms with Crippen LogP contribution in [0.25, 0.3) is 11.1 Å². The number of rotatable bonds is 2. The highest BCUT2D eigenvalue weighted by Crippen LogP contribution is 2.38. The van der Waals surface area contributed by atoms with Gasteiger partial charge in [-0.15, -0.1) is 11.3 Å². The normalized spacial score (nSPS) is 11.6. The molecule has 19 heavy (non-hydrogen) atoms. The number of halogens is 5. The summed E-state index contributed by atoms with van der Waals surface area (Å²) in [4.78, 5) is 9.51. The number of hydrogen-bond acceptors (Lipinski definition) is 2. The molecule has 2 rings (SSSR count). The zero-order chi connectivity index (χ0) is 14.2. The number of aldehydes is 1. The van der Waals surface area contributed by atoms with Gasteiger partial charge in [-0.25, -0.2) is 8.78 Å². The molecular formula is C12H5F5OS. The minimum absolute atomic E-state index is 0.0776. The van der Waals surface area contributed by atoms with Crippen molar-refractivity contribution in [3.8, 4) is 11.1 Å². The zero-order valence-electron chi connectivity index (χ0n) is 9.09. The second kappa shape index (κ2) is 4.73. The van der Waals surface area contributed by atoms with E-state index >= 15 is 0 Å². The number of hydrogen-bond donors (Lipinski definition) is 0. The molecule has 0 atom stereocenters. The predicted octanol–water partition coefficient (Wildman–Crippen LogP) is 4.52. The van der Waals surface area contributed by atoms with Gasteiger partial charge in [0.2, 0.25) is 0 Å². The minimum atomic E-state index is -4.53. The van der Waals surface area contributed by atoms with Crippen molar-refractivity contribution in [2.24, 2.45) is 0 Å². The SMILES string of the molecule is O=Cc1ccc(-c2csc(C(F)(F)F)c2)c(F)c1F. The number of benzene rings is 1. The first-order valence-corrected chi connectivity index (χ1v) is 5.82. The molecule has 1 aromatic heterocycles. The van der Waals surface area contributed by atoms with Crippen LogP contribution in [0.2, 0.25) is 0 Å². The lowest BCUT2D eigenvalue weighted by atomic mass is 10.1. The molecule has 0 aliphatic carbocycles. The fraction of sp³-hybridized carbons (Fsp3) is 0.0833. The van der Waals surface area contributed by atoms with Gasteiger partial charge >= 0.3 is 6.18 Å². The third-order valence-electron chi connectivity index (χ3n) is 2.43. The van der Waals surface area contributed by atoms with E-state index in [-0.39, 0.29) is 17.4 Å². The van der Waals surface area contributed by atoms with Crippen LogP contribution in [0.3, 0.4) is 0 Å². The Labute approximate surface area is 108 Å². The third kappa shape index (κ3) is 2.51. The average molecular weight is 292 g/mol. The first kappa shape index (κ1) is 13.7. The number of alkyl halides is 3. The Hall–Kier alpha value is -1.76. The van der Waals surface area contributed by atoms with Crippen molar-refractivity contribution in [1.29, 1.82) is 0 Å². The molecule has 0 spiro atoms. The van der Waals surface area contributed by atoms with Crippen molar-refractivity contribution in [2.75, 3.05) is 0 Å². The van der Waals surface area contributed by atoms with E-state index in [0.29, 0.717) is 11.3 Å². The molecule has 1 nitrogen and oxygen atoms in total. The van der Waals surface area contributed by atoms with Crippen molar-refractivity contribution in [3.63, 3.8) is 0 Å². The average Bonchev–Trinajstić information content (AvgIpc) is 2.81. The van der Waals surface area contributed by atoms with Crippen LogP contribution >= 0.6 is 11.3 Å². The second-order valence-corrected chi connectivity index (χ2v) is 4.56.